The highest BCUT2D eigenvalue weighted by Crippen LogP contribution is 2.41. The topological polar surface area (TPSA) is 69.2 Å². The number of rotatable bonds is 1. The zero-order valence-electron chi connectivity index (χ0n) is 15.3. The first-order chi connectivity index (χ1) is 13.2. The highest BCUT2D eigenvalue weighted by molar-refractivity contribution is 5.95. The standard InChI is InChI=1S/C22H21N5/c1-14-11-26(13-21-18-6-5-17(24)9-16(18)12-27(14)21)20-7-4-15(10-23)22-19(20)3-2-8-25-22/h2-9,14,21H,11-13,24H2,1H3. The fraction of sp³-hybridized carbons (Fsp3) is 0.273. The summed E-state index contributed by atoms with van der Waals surface area (Å²) in [6, 6.07) is 17.3. The molecule has 0 bridgehead atoms. The van der Waals surface area contributed by atoms with E-state index in [-0.39, 0.29) is 0 Å². The third kappa shape index (κ3) is 2.45. The van der Waals surface area contributed by atoms with Crippen LogP contribution in [-0.2, 0) is 6.54 Å². The Morgan fingerprint density at radius 3 is 2.93 bits per heavy atom. The van der Waals surface area contributed by atoms with Crippen molar-refractivity contribution < 1.29 is 0 Å². The number of anilines is 2. The number of benzene rings is 2. The Hall–Kier alpha value is -3.10. The second-order valence-electron chi connectivity index (χ2n) is 7.54. The Morgan fingerprint density at radius 2 is 2.07 bits per heavy atom. The Kier molecular flexibility index (Phi) is 3.56. The normalized spacial score (nSPS) is 21.7. The molecular weight excluding hydrogens is 334 g/mol. The molecule has 2 aliphatic rings. The monoisotopic (exact) mass is 355 g/mol. The van der Waals surface area contributed by atoms with Crippen LogP contribution in [0.15, 0.2) is 48.7 Å². The van der Waals surface area contributed by atoms with Crippen LogP contribution in [0, 0.1) is 11.3 Å². The van der Waals surface area contributed by atoms with E-state index < -0.39 is 0 Å². The van der Waals surface area contributed by atoms with Gasteiger partial charge in [-0.3, -0.25) is 9.88 Å². The highest BCUT2D eigenvalue weighted by Gasteiger charge is 2.39. The van der Waals surface area contributed by atoms with Gasteiger partial charge in [0.2, 0.25) is 0 Å². The first kappa shape index (κ1) is 16.1. The van der Waals surface area contributed by atoms with Gasteiger partial charge in [-0.25, -0.2) is 0 Å². The van der Waals surface area contributed by atoms with Crippen LogP contribution in [0.1, 0.15) is 29.7 Å². The summed E-state index contributed by atoms with van der Waals surface area (Å²) in [6.45, 7) is 5.14. The quantitative estimate of drug-likeness (QED) is 0.677. The zero-order chi connectivity index (χ0) is 18.5. The number of fused-ring (bicyclic) bond motifs is 4. The van der Waals surface area contributed by atoms with Crippen LogP contribution in [0.2, 0.25) is 0 Å². The van der Waals surface area contributed by atoms with Crippen LogP contribution in [0.4, 0.5) is 11.4 Å². The van der Waals surface area contributed by atoms with E-state index in [1.54, 1.807) is 6.20 Å². The number of hydrogen-bond donors (Lipinski definition) is 1. The lowest BCUT2D eigenvalue weighted by Crippen LogP contribution is -2.51. The third-order valence-electron chi connectivity index (χ3n) is 5.93. The Labute approximate surface area is 158 Å². The molecule has 2 unspecified atom stereocenters. The fourth-order valence-corrected chi connectivity index (χ4v) is 4.67. The first-order valence-electron chi connectivity index (χ1n) is 9.32. The minimum absolute atomic E-state index is 0.367. The number of piperazine rings is 1. The summed E-state index contributed by atoms with van der Waals surface area (Å²) in [5, 5.41) is 10.5. The molecule has 0 radical (unpaired) electrons. The van der Waals surface area contributed by atoms with Crippen molar-refractivity contribution in [1.82, 2.24) is 9.88 Å². The average Bonchev–Trinajstić information content (AvgIpc) is 3.05. The van der Waals surface area contributed by atoms with Crippen molar-refractivity contribution in [2.24, 2.45) is 0 Å². The van der Waals surface area contributed by atoms with Gasteiger partial charge in [-0.15, -0.1) is 0 Å². The lowest BCUT2D eigenvalue weighted by atomic mass is 10.00. The van der Waals surface area contributed by atoms with Gasteiger partial charge in [0.25, 0.3) is 0 Å². The molecule has 134 valence electrons. The molecule has 5 nitrogen and oxygen atoms in total. The van der Waals surface area contributed by atoms with Gasteiger partial charge in [-0.05, 0) is 54.4 Å². The number of aromatic nitrogens is 1. The Balaban J connectivity index is 1.57. The van der Waals surface area contributed by atoms with E-state index in [0.29, 0.717) is 17.6 Å². The molecule has 27 heavy (non-hydrogen) atoms. The van der Waals surface area contributed by atoms with Crippen LogP contribution in [0.25, 0.3) is 10.9 Å². The van der Waals surface area contributed by atoms with Crippen LogP contribution in [-0.4, -0.2) is 29.0 Å². The molecule has 2 N–H and O–H groups in total. The summed E-state index contributed by atoms with van der Waals surface area (Å²) in [7, 11) is 0. The Morgan fingerprint density at radius 1 is 1.19 bits per heavy atom. The van der Waals surface area contributed by atoms with E-state index in [1.807, 2.05) is 18.2 Å². The molecule has 0 saturated carbocycles. The molecule has 5 rings (SSSR count). The van der Waals surface area contributed by atoms with E-state index in [9.17, 15) is 5.26 Å². The number of nitrogens with zero attached hydrogens (tertiary/aromatic N) is 4. The van der Waals surface area contributed by atoms with Gasteiger partial charge in [0.15, 0.2) is 0 Å². The predicted octanol–water partition coefficient (Wildman–Crippen LogP) is 3.45. The molecule has 0 aliphatic carbocycles. The van der Waals surface area contributed by atoms with Gasteiger partial charge in [0.05, 0.1) is 17.1 Å². The van der Waals surface area contributed by atoms with E-state index >= 15 is 0 Å². The van der Waals surface area contributed by atoms with Crippen molar-refractivity contribution in [3.8, 4) is 6.07 Å². The van der Waals surface area contributed by atoms with Crippen LogP contribution < -0.4 is 10.6 Å². The van der Waals surface area contributed by atoms with Crippen molar-refractivity contribution in [2.75, 3.05) is 23.7 Å². The van der Waals surface area contributed by atoms with Crippen molar-refractivity contribution in [3.05, 3.63) is 65.4 Å². The van der Waals surface area contributed by atoms with Gasteiger partial charge in [-0.1, -0.05) is 6.07 Å². The molecule has 5 heteroatoms. The second-order valence-corrected chi connectivity index (χ2v) is 7.54. The molecule has 2 aliphatic heterocycles. The zero-order valence-corrected chi connectivity index (χ0v) is 15.3. The van der Waals surface area contributed by atoms with Crippen molar-refractivity contribution in [1.29, 1.82) is 5.26 Å². The van der Waals surface area contributed by atoms with E-state index in [2.05, 4.69) is 52.0 Å². The molecule has 0 amide bonds. The number of nitriles is 1. The van der Waals surface area contributed by atoms with Crippen LogP contribution >= 0.6 is 0 Å². The smallest absolute Gasteiger partial charge is 0.101 e. The maximum absolute atomic E-state index is 9.41. The summed E-state index contributed by atoms with van der Waals surface area (Å²) < 4.78 is 0. The van der Waals surface area contributed by atoms with Crippen molar-refractivity contribution in [3.63, 3.8) is 0 Å². The summed E-state index contributed by atoms with van der Waals surface area (Å²) in [6.07, 6.45) is 1.76. The molecule has 1 fully saturated rings. The summed E-state index contributed by atoms with van der Waals surface area (Å²) in [5.74, 6) is 0. The number of nitrogens with two attached hydrogens (primary N) is 1. The summed E-state index contributed by atoms with van der Waals surface area (Å²) >= 11 is 0. The van der Waals surface area contributed by atoms with Gasteiger partial charge in [0, 0.05) is 48.6 Å². The molecule has 3 heterocycles. The predicted molar refractivity (Wildman–Crippen MR) is 107 cm³/mol. The minimum Gasteiger partial charge on any atom is -0.399 e. The molecule has 1 aromatic heterocycles. The maximum Gasteiger partial charge on any atom is 0.101 e. The summed E-state index contributed by atoms with van der Waals surface area (Å²) in [5.41, 5.74) is 12.1. The van der Waals surface area contributed by atoms with Gasteiger partial charge >= 0.3 is 0 Å². The lowest BCUT2D eigenvalue weighted by Gasteiger charge is -2.43. The number of nitrogen functional groups attached to an aromatic ring is 1. The minimum atomic E-state index is 0.367. The molecule has 1 saturated heterocycles. The van der Waals surface area contributed by atoms with E-state index in [0.717, 1.165) is 41.9 Å². The molecular formula is C22H21N5. The number of pyridine rings is 1. The van der Waals surface area contributed by atoms with Gasteiger partial charge < -0.3 is 10.6 Å². The maximum atomic E-state index is 9.41. The van der Waals surface area contributed by atoms with Gasteiger partial charge in [-0.2, -0.15) is 5.26 Å². The first-order valence-corrected chi connectivity index (χ1v) is 9.32. The third-order valence-corrected chi connectivity index (χ3v) is 5.93. The van der Waals surface area contributed by atoms with E-state index in [1.165, 1.54) is 11.1 Å². The molecule has 3 aromatic rings. The highest BCUT2D eigenvalue weighted by atomic mass is 15.3. The van der Waals surface area contributed by atoms with Gasteiger partial charge in [0.1, 0.15) is 6.07 Å². The summed E-state index contributed by atoms with van der Waals surface area (Å²) in [4.78, 5) is 9.49. The fourth-order valence-electron chi connectivity index (χ4n) is 4.67. The lowest BCUT2D eigenvalue weighted by molar-refractivity contribution is 0.134. The second kappa shape index (κ2) is 5.97. The SMILES string of the molecule is CC1CN(c2ccc(C#N)c3ncccc23)CC2c3ccc(N)cc3CN12. The van der Waals surface area contributed by atoms with Crippen molar-refractivity contribution >= 4 is 22.3 Å². The van der Waals surface area contributed by atoms with Crippen LogP contribution in [0.5, 0.6) is 0 Å². The number of hydrogen-bond acceptors (Lipinski definition) is 5. The van der Waals surface area contributed by atoms with E-state index in [4.69, 9.17) is 5.73 Å². The van der Waals surface area contributed by atoms with Crippen LogP contribution in [0.3, 0.4) is 0 Å². The largest absolute Gasteiger partial charge is 0.399 e. The average molecular weight is 355 g/mol. The molecule has 0 spiro atoms. The van der Waals surface area contributed by atoms with Crippen molar-refractivity contribution in [2.45, 2.75) is 25.6 Å². The Bertz CT molecular complexity index is 1080. The molecule has 2 atom stereocenters. The molecule has 2 aromatic carbocycles.